The molecule has 5 atom stereocenters. The van der Waals surface area contributed by atoms with E-state index in [2.05, 4.69) is 25.8 Å². The van der Waals surface area contributed by atoms with Gasteiger partial charge in [-0.3, -0.25) is 4.79 Å². The van der Waals surface area contributed by atoms with Gasteiger partial charge in [-0.25, -0.2) is 0 Å². The number of hydrogen-bond acceptors (Lipinski definition) is 4. The number of likely N-dealkylation sites (tertiary alicyclic amines) is 1. The summed E-state index contributed by atoms with van der Waals surface area (Å²) in [6.07, 6.45) is -0.306. The summed E-state index contributed by atoms with van der Waals surface area (Å²) in [5.74, 6) is 1.89. The number of rotatable bonds is 6. The van der Waals surface area contributed by atoms with Gasteiger partial charge in [-0.05, 0) is 87.4 Å². The highest BCUT2D eigenvalue weighted by Gasteiger charge is 2.66. The number of piperidine rings is 1. The van der Waals surface area contributed by atoms with Crippen LogP contribution in [0.1, 0.15) is 61.8 Å². The van der Waals surface area contributed by atoms with Crippen molar-refractivity contribution in [3.05, 3.63) is 58.7 Å². The van der Waals surface area contributed by atoms with E-state index in [1.807, 2.05) is 11.0 Å². The van der Waals surface area contributed by atoms with Gasteiger partial charge in [0, 0.05) is 35.5 Å². The van der Waals surface area contributed by atoms with Gasteiger partial charge in [0.15, 0.2) is 0 Å². The third-order valence-corrected chi connectivity index (χ3v) is 9.77. The standard InChI is InChI=1S/C31H37F3N2O3/c1-18(2)17-36(27(38)13-6-19-4-7-20(8-5-19)31(32,33)34)23-10-9-22-24-16-21-25(37)11-12-26-28(21)30(22,29(23)39-26)14-15-35(24)3/h4-5,7-8,11-12,18,22-24,29,37H,6,9-10,13-17H2,1-3H3/t22-,23-,24+,29-,30-/m0/s1. The molecule has 39 heavy (non-hydrogen) atoms. The predicted molar refractivity (Wildman–Crippen MR) is 142 cm³/mol. The highest BCUT2D eigenvalue weighted by atomic mass is 19.4. The van der Waals surface area contributed by atoms with E-state index in [0.717, 1.165) is 61.2 Å². The Kier molecular flexibility index (Phi) is 6.40. The van der Waals surface area contributed by atoms with Crippen LogP contribution in [-0.2, 0) is 29.2 Å². The maximum absolute atomic E-state index is 13.8. The average molecular weight is 543 g/mol. The van der Waals surface area contributed by atoms with Crippen molar-refractivity contribution in [1.82, 2.24) is 9.80 Å². The van der Waals surface area contributed by atoms with Crippen molar-refractivity contribution < 1.29 is 27.8 Å². The lowest BCUT2D eigenvalue weighted by Crippen LogP contribution is -2.68. The average Bonchev–Trinajstić information content (AvgIpc) is 3.23. The Morgan fingerprint density at radius 1 is 1.18 bits per heavy atom. The van der Waals surface area contributed by atoms with E-state index >= 15 is 0 Å². The fourth-order valence-electron chi connectivity index (χ4n) is 8.11. The van der Waals surface area contributed by atoms with E-state index in [9.17, 15) is 23.1 Å². The molecule has 5 nitrogen and oxygen atoms in total. The van der Waals surface area contributed by atoms with Crippen LogP contribution in [0.15, 0.2) is 36.4 Å². The van der Waals surface area contributed by atoms with Crippen molar-refractivity contribution in [3.63, 3.8) is 0 Å². The summed E-state index contributed by atoms with van der Waals surface area (Å²) in [6.45, 7) is 5.77. The van der Waals surface area contributed by atoms with Crippen LogP contribution in [0.4, 0.5) is 13.2 Å². The first-order valence-electron chi connectivity index (χ1n) is 14.2. The first kappa shape index (κ1) is 26.5. The summed E-state index contributed by atoms with van der Waals surface area (Å²) >= 11 is 0. The van der Waals surface area contributed by atoms with Gasteiger partial charge in [0.1, 0.15) is 17.6 Å². The predicted octanol–water partition coefficient (Wildman–Crippen LogP) is 5.57. The third kappa shape index (κ3) is 4.21. The quantitative estimate of drug-likeness (QED) is 0.519. The van der Waals surface area contributed by atoms with Crippen LogP contribution < -0.4 is 4.74 Å². The fourth-order valence-corrected chi connectivity index (χ4v) is 8.11. The van der Waals surface area contributed by atoms with Gasteiger partial charge in [0.2, 0.25) is 5.91 Å². The Labute approximate surface area is 227 Å². The van der Waals surface area contributed by atoms with E-state index in [1.165, 1.54) is 17.7 Å². The molecule has 0 aromatic heterocycles. The van der Waals surface area contributed by atoms with Gasteiger partial charge < -0.3 is 19.6 Å². The Hall–Kier alpha value is -2.74. The van der Waals surface area contributed by atoms with Crippen LogP contribution in [0.25, 0.3) is 0 Å². The number of halogens is 3. The molecule has 2 aliphatic heterocycles. The Morgan fingerprint density at radius 3 is 2.62 bits per heavy atom. The molecule has 2 heterocycles. The summed E-state index contributed by atoms with van der Waals surface area (Å²) in [7, 11) is 2.18. The molecule has 6 rings (SSSR count). The monoisotopic (exact) mass is 542 g/mol. The Bertz CT molecular complexity index is 1260. The van der Waals surface area contributed by atoms with Crippen molar-refractivity contribution in [2.75, 3.05) is 20.1 Å². The first-order chi connectivity index (χ1) is 18.5. The van der Waals surface area contributed by atoms with Crippen molar-refractivity contribution in [1.29, 1.82) is 0 Å². The molecule has 1 amide bonds. The second-order valence-electron chi connectivity index (χ2n) is 12.4. The summed E-state index contributed by atoms with van der Waals surface area (Å²) in [5.41, 5.74) is 2.01. The van der Waals surface area contributed by atoms with E-state index in [0.29, 0.717) is 30.7 Å². The van der Waals surface area contributed by atoms with E-state index in [1.54, 1.807) is 6.07 Å². The minimum Gasteiger partial charge on any atom is -0.508 e. The molecular weight excluding hydrogens is 505 g/mol. The van der Waals surface area contributed by atoms with Crippen LogP contribution in [0.2, 0.25) is 0 Å². The van der Waals surface area contributed by atoms with Crippen LogP contribution >= 0.6 is 0 Å². The number of aryl methyl sites for hydroxylation is 1. The number of alkyl halides is 3. The lowest BCUT2D eigenvalue weighted by molar-refractivity contribution is -0.143. The van der Waals surface area contributed by atoms with Gasteiger partial charge in [-0.2, -0.15) is 13.2 Å². The van der Waals surface area contributed by atoms with Crippen LogP contribution in [-0.4, -0.2) is 59.1 Å². The molecule has 2 aromatic carbocycles. The zero-order valence-electron chi connectivity index (χ0n) is 22.8. The molecule has 2 bridgehead atoms. The van der Waals surface area contributed by atoms with E-state index in [-0.39, 0.29) is 35.8 Å². The fraction of sp³-hybridized carbons (Fsp3) is 0.581. The number of hydrogen-bond donors (Lipinski definition) is 1. The number of benzene rings is 2. The molecule has 1 saturated carbocycles. The summed E-state index contributed by atoms with van der Waals surface area (Å²) in [6, 6.07) is 9.00. The molecule has 210 valence electrons. The number of phenolic OH excluding ortho intramolecular Hbond substituents is 1. The number of ether oxygens (including phenoxy) is 1. The maximum Gasteiger partial charge on any atom is 0.416 e. The molecule has 1 saturated heterocycles. The second kappa shape index (κ2) is 9.43. The van der Waals surface area contributed by atoms with Gasteiger partial charge in [-0.1, -0.05) is 26.0 Å². The second-order valence-corrected chi connectivity index (χ2v) is 12.4. The minimum absolute atomic E-state index is 0.0198. The van der Waals surface area contributed by atoms with Crippen molar-refractivity contribution in [2.24, 2.45) is 11.8 Å². The van der Waals surface area contributed by atoms with Crippen LogP contribution in [0, 0.1) is 11.8 Å². The topological polar surface area (TPSA) is 53.0 Å². The zero-order valence-corrected chi connectivity index (χ0v) is 22.8. The SMILES string of the molecule is CC(C)CN(C(=O)CCc1ccc(C(F)(F)F)cc1)[C@H]1CC[C@H]2[C@H]3Cc4c(O)ccc5c4[C@@]2(CCN3C)[C@H]1O5. The molecule has 4 aliphatic rings. The normalized spacial score (nSPS) is 29.2. The van der Waals surface area contributed by atoms with Crippen LogP contribution in [0.3, 0.4) is 0 Å². The largest absolute Gasteiger partial charge is 0.508 e. The van der Waals surface area contributed by atoms with Gasteiger partial charge in [0.05, 0.1) is 11.6 Å². The molecule has 2 aromatic rings. The smallest absolute Gasteiger partial charge is 0.416 e. The summed E-state index contributed by atoms with van der Waals surface area (Å²) < 4.78 is 45.7. The molecule has 0 unspecified atom stereocenters. The molecule has 8 heteroatoms. The molecular formula is C31H37F3N2O3. The van der Waals surface area contributed by atoms with Crippen molar-refractivity contribution in [2.45, 2.75) is 82.2 Å². The Morgan fingerprint density at radius 2 is 1.92 bits per heavy atom. The maximum atomic E-state index is 13.8. The number of nitrogens with zero attached hydrogens (tertiary/aromatic N) is 2. The number of carbonyl (C=O) groups is 1. The van der Waals surface area contributed by atoms with Gasteiger partial charge in [0.25, 0.3) is 0 Å². The van der Waals surface area contributed by atoms with E-state index in [4.69, 9.17) is 4.74 Å². The van der Waals surface area contributed by atoms with Crippen molar-refractivity contribution in [3.8, 4) is 11.5 Å². The third-order valence-electron chi connectivity index (χ3n) is 9.77. The molecule has 0 radical (unpaired) electrons. The Balaban J connectivity index is 1.29. The van der Waals surface area contributed by atoms with Gasteiger partial charge in [-0.15, -0.1) is 0 Å². The highest BCUT2D eigenvalue weighted by Crippen LogP contribution is 2.63. The number of aromatic hydroxyl groups is 1. The highest BCUT2D eigenvalue weighted by molar-refractivity contribution is 5.77. The van der Waals surface area contributed by atoms with Crippen LogP contribution in [0.5, 0.6) is 11.5 Å². The first-order valence-corrected chi connectivity index (χ1v) is 14.2. The number of carbonyl (C=O) groups excluding carboxylic acids is 1. The number of amides is 1. The van der Waals surface area contributed by atoms with E-state index < -0.39 is 11.7 Å². The number of phenols is 1. The summed E-state index contributed by atoms with van der Waals surface area (Å²) in [4.78, 5) is 18.3. The minimum atomic E-state index is -4.37. The van der Waals surface area contributed by atoms with Gasteiger partial charge >= 0.3 is 6.18 Å². The lowest BCUT2D eigenvalue weighted by atomic mass is 9.51. The summed E-state index contributed by atoms with van der Waals surface area (Å²) in [5, 5.41) is 10.8. The molecule has 1 N–H and O–H groups in total. The lowest BCUT2D eigenvalue weighted by Gasteiger charge is -2.60. The van der Waals surface area contributed by atoms with Crippen molar-refractivity contribution >= 4 is 5.91 Å². The molecule has 2 aliphatic carbocycles. The molecule has 1 spiro atoms. The number of likely N-dealkylation sites (N-methyl/N-ethyl adjacent to an activating group) is 1. The molecule has 2 fully saturated rings. The zero-order chi connectivity index (χ0) is 27.7.